The van der Waals surface area contributed by atoms with Gasteiger partial charge in [-0.05, 0) is 60.7 Å². The summed E-state index contributed by atoms with van der Waals surface area (Å²) in [7, 11) is 0. The summed E-state index contributed by atoms with van der Waals surface area (Å²) in [5.41, 5.74) is 7.96. The Bertz CT molecular complexity index is 2380. The van der Waals surface area contributed by atoms with Crippen LogP contribution in [0.4, 0.5) is 17.1 Å². The second-order valence-electron chi connectivity index (χ2n) is 10.6. The van der Waals surface area contributed by atoms with Gasteiger partial charge >= 0.3 is 0 Å². The largest absolute Gasteiger partial charge is 0.456 e. The van der Waals surface area contributed by atoms with Crippen molar-refractivity contribution in [2.45, 2.75) is 0 Å². The molecule has 0 atom stereocenters. The zero-order valence-corrected chi connectivity index (χ0v) is 21.7. The first kappa shape index (κ1) is 21.2. The molecule has 2 aliphatic heterocycles. The molecule has 0 saturated heterocycles. The molecule has 0 bridgehead atoms. The van der Waals surface area contributed by atoms with Crippen molar-refractivity contribution in [3.63, 3.8) is 0 Å². The second-order valence-corrected chi connectivity index (χ2v) is 10.6. The number of hydrogen-bond donors (Lipinski definition) is 0. The van der Waals surface area contributed by atoms with Crippen LogP contribution in [0.3, 0.4) is 0 Å². The molecule has 192 valence electrons. The molecular weight excluding hydrogens is 508 g/mol. The predicted molar refractivity (Wildman–Crippen MR) is 163 cm³/mol. The van der Waals surface area contributed by atoms with Crippen molar-refractivity contribution in [1.29, 1.82) is 0 Å². The van der Waals surface area contributed by atoms with Crippen molar-refractivity contribution in [2.24, 2.45) is 0 Å². The van der Waals surface area contributed by atoms with Crippen LogP contribution in [-0.2, 0) is 0 Å². The zero-order valence-electron chi connectivity index (χ0n) is 21.7. The van der Waals surface area contributed by atoms with E-state index in [0.717, 1.165) is 89.5 Å². The first-order valence-corrected chi connectivity index (χ1v) is 13.7. The summed E-state index contributed by atoms with van der Waals surface area (Å²) in [5, 5.41) is 4.45. The molecule has 0 N–H and O–H groups in total. The Morgan fingerprint density at radius 1 is 0.439 bits per heavy atom. The fourth-order valence-corrected chi connectivity index (χ4v) is 6.63. The quantitative estimate of drug-likeness (QED) is 0.229. The van der Waals surface area contributed by atoms with Gasteiger partial charge in [0.15, 0.2) is 23.0 Å². The SMILES string of the molecule is c1ccc(N(c2ccc3oc4ccccc4c3c2)c2cc3c4c(c2)c2cccc5c2n4-c2c(cccc2O3)O5)cc1. The highest BCUT2D eigenvalue weighted by Crippen LogP contribution is 2.55. The predicted octanol–water partition coefficient (Wildman–Crippen LogP) is 10.4. The third-order valence-electron chi connectivity index (χ3n) is 8.31. The lowest BCUT2D eigenvalue weighted by atomic mass is 10.1. The lowest BCUT2D eigenvalue weighted by Crippen LogP contribution is -2.12. The highest BCUT2D eigenvalue weighted by Gasteiger charge is 2.32. The molecule has 0 saturated carbocycles. The number of anilines is 3. The van der Waals surface area contributed by atoms with Crippen LogP contribution in [0.15, 0.2) is 126 Å². The van der Waals surface area contributed by atoms with Crippen LogP contribution in [0, 0.1) is 0 Å². The molecule has 0 unspecified atom stereocenters. The molecule has 0 spiro atoms. The van der Waals surface area contributed by atoms with Gasteiger partial charge in [0.25, 0.3) is 0 Å². The molecule has 6 aromatic carbocycles. The van der Waals surface area contributed by atoms with Gasteiger partial charge in [0.1, 0.15) is 16.9 Å². The van der Waals surface area contributed by atoms with Crippen molar-refractivity contribution in [1.82, 2.24) is 4.57 Å². The van der Waals surface area contributed by atoms with E-state index in [4.69, 9.17) is 13.9 Å². The first-order valence-electron chi connectivity index (χ1n) is 13.7. The van der Waals surface area contributed by atoms with E-state index >= 15 is 0 Å². The lowest BCUT2D eigenvalue weighted by molar-refractivity contribution is 0.444. The molecular formula is C36H20N2O3. The van der Waals surface area contributed by atoms with E-state index in [1.807, 2.05) is 42.5 Å². The van der Waals surface area contributed by atoms with Crippen LogP contribution in [0.1, 0.15) is 0 Å². The number of aromatic nitrogens is 1. The highest BCUT2D eigenvalue weighted by molar-refractivity contribution is 6.16. The number of fused-ring (bicyclic) bond motifs is 4. The fourth-order valence-electron chi connectivity index (χ4n) is 6.63. The van der Waals surface area contributed by atoms with Crippen LogP contribution in [-0.4, -0.2) is 4.57 Å². The number of rotatable bonds is 3. The molecule has 4 heterocycles. The van der Waals surface area contributed by atoms with E-state index in [2.05, 4.69) is 88.3 Å². The van der Waals surface area contributed by atoms with Gasteiger partial charge < -0.3 is 18.8 Å². The standard InChI is InChI=1S/C36H20N2O3/c1-2-8-21(9-3-1)37(22-16-17-29-26(18-22)24-10-4-5-12-28(24)39-29)23-19-27-25-11-6-13-30-34(25)38-35(27)33(20-23)41-32-15-7-14-31(40-30)36(32)38/h1-20H. The average molecular weight is 529 g/mol. The Hall–Kier alpha value is -5.68. The number of nitrogens with zero attached hydrogens (tertiary/aromatic N) is 2. The van der Waals surface area contributed by atoms with Gasteiger partial charge in [-0.15, -0.1) is 0 Å². The molecule has 0 aliphatic carbocycles. The Labute approximate surface area is 234 Å². The van der Waals surface area contributed by atoms with Crippen molar-refractivity contribution >= 4 is 60.8 Å². The van der Waals surface area contributed by atoms with E-state index < -0.39 is 0 Å². The average Bonchev–Trinajstić information content (AvgIpc) is 3.55. The highest BCUT2D eigenvalue weighted by atomic mass is 16.5. The third kappa shape index (κ3) is 2.74. The Morgan fingerprint density at radius 3 is 2.02 bits per heavy atom. The molecule has 0 amide bonds. The van der Waals surface area contributed by atoms with Gasteiger partial charge in [-0.3, -0.25) is 4.57 Å². The van der Waals surface area contributed by atoms with Crippen LogP contribution in [0.25, 0.3) is 49.4 Å². The molecule has 2 aromatic heterocycles. The van der Waals surface area contributed by atoms with Crippen LogP contribution >= 0.6 is 0 Å². The summed E-state index contributed by atoms with van der Waals surface area (Å²) >= 11 is 0. The minimum absolute atomic E-state index is 0.790. The Morgan fingerprint density at radius 2 is 1.12 bits per heavy atom. The zero-order chi connectivity index (χ0) is 26.7. The Kier molecular flexibility index (Phi) is 3.87. The van der Waals surface area contributed by atoms with Gasteiger partial charge in [0.2, 0.25) is 0 Å². The smallest absolute Gasteiger partial charge is 0.155 e. The van der Waals surface area contributed by atoms with E-state index in [0.29, 0.717) is 0 Å². The van der Waals surface area contributed by atoms with Crippen LogP contribution < -0.4 is 14.4 Å². The number of para-hydroxylation sites is 4. The monoisotopic (exact) mass is 528 g/mol. The number of furan rings is 1. The molecule has 10 rings (SSSR count). The summed E-state index contributed by atoms with van der Waals surface area (Å²) < 4.78 is 21.4. The first-order chi connectivity index (χ1) is 20.3. The van der Waals surface area contributed by atoms with Crippen LogP contribution in [0.2, 0.25) is 0 Å². The van der Waals surface area contributed by atoms with E-state index in [9.17, 15) is 0 Å². The summed E-state index contributed by atoms with van der Waals surface area (Å²) in [6.45, 7) is 0. The molecule has 5 heteroatoms. The number of benzene rings is 6. The third-order valence-corrected chi connectivity index (χ3v) is 8.31. The molecule has 5 nitrogen and oxygen atoms in total. The fraction of sp³-hybridized carbons (Fsp3) is 0. The summed E-state index contributed by atoms with van der Waals surface area (Å²) in [4.78, 5) is 2.29. The normalized spacial score (nSPS) is 12.8. The van der Waals surface area contributed by atoms with Crippen molar-refractivity contribution in [2.75, 3.05) is 4.90 Å². The summed E-state index contributed by atoms with van der Waals surface area (Å²) in [5.74, 6) is 3.27. The Balaban J connectivity index is 1.28. The van der Waals surface area contributed by atoms with Crippen molar-refractivity contribution < 1.29 is 13.9 Å². The minimum atomic E-state index is 0.790. The lowest BCUT2D eigenvalue weighted by Gasteiger charge is -2.29. The van der Waals surface area contributed by atoms with E-state index in [1.54, 1.807) is 0 Å². The van der Waals surface area contributed by atoms with Gasteiger partial charge in [0.05, 0.1) is 16.7 Å². The van der Waals surface area contributed by atoms with E-state index in [1.165, 1.54) is 0 Å². The van der Waals surface area contributed by atoms with Gasteiger partial charge in [0, 0.05) is 39.0 Å². The molecule has 8 aromatic rings. The van der Waals surface area contributed by atoms with Gasteiger partial charge in [-0.25, -0.2) is 0 Å². The maximum atomic E-state index is 6.62. The van der Waals surface area contributed by atoms with Gasteiger partial charge in [-0.1, -0.05) is 54.6 Å². The second kappa shape index (κ2) is 7.49. The molecule has 0 radical (unpaired) electrons. The maximum absolute atomic E-state index is 6.62. The number of ether oxygens (including phenoxy) is 2. The van der Waals surface area contributed by atoms with Crippen LogP contribution in [0.5, 0.6) is 23.0 Å². The molecule has 0 fully saturated rings. The minimum Gasteiger partial charge on any atom is -0.456 e. The van der Waals surface area contributed by atoms with Crippen molar-refractivity contribution in [3.05, 3.63) is 121 Å². The maximum Gasteiger partial charge on any atom is 0.155 e. The summed E-state index contributed by atoms with van der Waals surface area (Å²) in [6, 6.07) is 41.8. The number of hydrogen-bond acceptors (Lipinski definition) is 4. The molecule has 41 heavy (non-hydrogen) atoms. The van der Waals surface area contributed by atoms with Crippen molar-refractivity contribution in [3.8, 4) is 28.7 Å². The van der Waals surface area contributed by atoms with E-state index in [-0.39, 0.29) is 0 Å². The molecule has 2 aliphatic rings. The van der Waals surface area contributed by atoms with Gasteiger partial charge in [-0.2, -0.15) is 0 Å². The topological polar surface area (TPSA) is 39.8 Å². The summed E-state index contributed by atoms with van der Waals surface area (Å²) in [6.07, 6.45) is 0.